The smallest absolute Gasteiger partial charge is 0.252 e. The van der Waals surface area contributed by atoms with Crippen molar-refractivity contribution in [2.75, 3.05) is 18.4 Å². The monoisotopic (exact) mass is 557 g/mol. The Labute approximate surface area is 223 Å². The van der Waals surface area contributed by atoms with Crippen LogP contribution >= 0.6 is 34.0 Å². The second-order valence-electron chi connectivity index (χ2n) is 9.64. The molecule has 4 heterocycles. The number of para-hydroxylation sites is 1. The predicted molar refractivity (Wildman–Crippen MR) is 149 cm³/mol. The molecule has 10 heteroatoms. The van der Waals surface area contributed by atoms with Gasteiger partial charge in [0.05, 0.1) is 10.2 Å². The van der Waals surface area contributed by atoms with Gasteiger partial charge >= 0.3 is 0 Å². The van der Waals surface area contributed by atoms with Crippen molar-refractivity contribution in [3.8, 4) is 10.6 Å². The van der Waals surface area contributed by atoms with Crippen molar-refractivity contribution in [2.45, 2.75) is 43.2 Å². The predicted octanol–water partition coefficient (Wildman–Crippen LogP) is 6.25. The van der Waals surface area contributed by atoms with E-state index in [1.54, 1.807) is 40.2 Å². The molecule has 1 saturated heterocycles. The number of rotatable bonds is 5. The molecule has 1 aliphatic carbocycles. The molecule has 36 heavy (non-hydrogen) atoms. The third-order valence-electron chi connectivity index (χ3n) is 7.17. The van der Waals surface area contributed by atoms with Crippen LogP contribution in [0.3, 0.4) is 0 Å². The molecule has 0 bridgehead atoms. The molecule has 4 aromatic rings. The van der Waals surface area contributed by atoms with Gasteiger partial charge in [0, 0.05) is 29.4 Å². The van der Waals surface area contributed by atoms with Crippen LogP contribution in [0.4, 0.5) is 5.00 Å². The molecule has 0 spiro atoms. The molecule has 1 aromatic carbocycles. The number of nitrogens with one attached hydrogen (secondary N) is 1. The summed E-state index contributed by atoms with van der Waals surface area (Å²) >= 11 is 4.61. The van der Waals surface area contributed by atoms with Crippen molar-refractivity contribution in [3.05, 3.63) is 52.2 Å². The second kappa shape index (κ2) is 9.64. The second-order valence-corrected chi connectivity index (χ2v) is 14.9. The Morgan fingerprint density at radius 2 is 1.89 bits per heavy atom. The van der Waals surface area contributed by atoms with Gasteiger partial charge in [-0.1, -0.05) is 25.1 Å². The zero-order valence-electron chi connectivity index (χ0n) is 19.9. The Balaban J connectivity index is 1.24. The number of aromatic nitrogens is 1. The van der Waals surface area contributed by atoms with Gasteiger partial charge in [-0.2, -0.15) is 4.31 Å². The number of fused-ring (bicyclic) bond motifs is 2. The average Bonchev–Trinajstić information content (AvgIpc) is 3.62. The fourth-order valence-electron chi connectivity index (χ4n) is 5.15. The van der Waals surface area contributed by atoms with E-state index in [9.17, 15) is 13.2 Å². The lowest BCUT2D eigenvalue weighted by molar-refractivity contribution is -0.120. The van der Waals surface area contributed by atoms with Crippen molar-refractivity contribution in [1.82, 2.24) is 9.29 Å². The van der Waals surface area contributed by atoms with Crippen LogP contribution in [0.5, 0.6) is 0 Å². The Morgan fingerprint density at radius 1 is 1.08 bits per heavy atom. The first-order valence-corrected chi connectivity index (χ1v) is 16.2. The van der Waals surface area contributed by atoms with Gasteiger partial charge in [0.25, 0.3) is 10.0 Å². The average molecular weight is 558 g/mol. The van der Waals surface area contributed by atoms with Crippen molar-refractivity contribution in [3.63, 3.8) is 0 Å². The van der Waals surface area contributed by atoms with Crippen LogP contribution in [0.15, 0.2) is 46.0 Å². The van der Waals surface area contributed by atoms with Crippen LogP contribution in [-0.2, 0) is 27.7 Å². The van der Waals surface area contributed by atoms with E-state index in [0.717, 1.165) is 45.1 Å². The number of piperidine rings is 1. The van der Waals surface area contributed by atoms with E-state index in [0.29, 0.717) is 36.1 Å². The fraction of sp³-hybridized carbons (Fsp3) is 0.385. The highest BCUT2D eigenvalue weighted by Gasteiger charge is 2.34. The topological polar surface area (TPSA) is 79.4 Å². The maximum absolute atomic E-state index is 13.4. The lowest BCUT2D eigenvalue weighted by Gasteiger charge is -2.30. The van der Waals surface area contributed by atoms with E-state index < -0.39 is 10.0 Å². The van der Waals surface area contributed by atoms with Gasteiger partial charge in [-0.3, -0.25) is 4.79 Å². The molecule has 1 N–H and O–H groups in total. The zero-order chi connectivity index (χ0) is 24.9. The third kappa shape index (κ3) is 4.43. The van der Waals surface area contributed by atoms with Crippen LogP contribution in [0.25, 0.3) is 20.8 Å². The molecular formula is C26H27N3O3S4. The minimum Gasteiger partial charge on any atom is -0.317 e. The molecule has 1 amide bonds. The number of anilines is 1. The minimum atomic E-state index is -3.47. The molecule has 1 atom stereocenters. The van der Waals surface area contributed by atoms with Crippen molar-refractivity contribution >= 4 is 65.2 Å². The lowest BCUT2D eigenvalue weighted by Crippen LogP contribution is -2.41. The third-order valence-corrected chi connectivity index (χ3v) is 12.7. The number of amides is 1. The number of hydrogen-bond acceptors (Lipinski definition) is 7. The summed E-state index contributed by atoms with van der Waals surface area (Å²) in [5.74, 6) is 0.413. The molecule has 188 valence electrons. The van der Waals surface area contributed by atoms with Gasteiger partial charge in [0.2, 0.25) is 5.91 Å². The molecule has 0 radical (unpaired) electrons. The van der Waals surface area contributed by atoms with Gasteiger partial charge in [0.1, 0.15) is 14.2 Å². The van der Waals surface area contributed by atoms with E-state index in [2.05, 4.69) is 18.3 Å². The van der Waals surface area contributed by atoms with Gasteiger partial charge in [-0.05, 0) is 67.2 Å². The van der Waals surface area contributed by atoms with E-state index >= 15 is 0 Å². The quantitative estimate of drug-likeness (QED) is 0.315. The maximum Gasteiger partial charge on any atom is 0.252 e. The lowest BCUT2D eigenvalue weighted by atomic mass is 9.88. The van der Waals surface area contributed by atoms with Gasteiger partial charge in [0.15, 0.2) is 0 Å². The first kappa shape index (κ1) is 24.2. The Kier molecular flexibility index (Phi) is 6.49. The number of thiophene rings is 2. The molecule has 1 unspecified atom stereocenters. The summed E-state index contributed by atoms with van der Waals surface area (Å²) < 4.78 is 28.7. The number of sulfonamides is 1. The number of benzene rings is 1. The van der Waals surface area contributed by atoms with Crippen LogP contribution < -0.4 is 5.32 Å². The molecule has 1 aliphatic heterocycles. The fourth-order valence-corrected chi connectivity index (χ4v) is 10.3. The molecule has 3 aromatic heterocycles. The Hall–Kier alpha value is -2.11. The highest BCUT2D eigenvalue weighted by Crippen LogP contribution is 2.47. The molecule has 0 saturated carbocycles. The molecule has 1 fully saturated rings. The van der Waals surface area contributed by atoms with Gasteiger partial charge in [-0.15, -0.1) is 34.0 Å². The summed E-state index contributed by atoms with van der Waals surface area (Å²) in [5.41, 5.74) is 3.41. The number of nitrogens with zero attached hydrogens (tertiary/aromatic N) is 2. The summed E-state index contributed by atoms with van der Waals surface area (Å²) in [7, 11) is -3.47. The van der Waals surface area contributed by atoms with Crippen molar-refractivity contribution in [1.29, 1.82) is 0 Å². The van der Waals surface area contributed by atoms with Crippen LogP contribution in [0, 0.1) is 11.8 Å². The van der Waals surface area contributed by atoms with Gasteiger partial charge in [-0.25, -0.2) is 13.4 Å². The molecule has 6 rings (SSSR count). The van der Waals surface area contributed by atoms with E-state index in [4.69, 9.17) is 4.98 Å². The largest absolute Gasteiger partial charge is 0.317 e. The normalized spacial score (nSPS) is 19.4. The summed E-state index contributed by atoms with van der Waals surface area (Å²) in [4.78, 5) is 19.7. The van der Waals surface area contributed by atoms with E-state index in [1.807, 2.05) is 18.2 Å². The molecule has 6 nitrogen and oxygen atoms in total. The Morgan fingerprint density at radius 3 is 2.64 bits per heavy atom. The molecular weight excluding hydrogens is 531 g/mol. The summed E-state index contributed by atoms with van der Waals surface area (Å²) in [5, 5.41) is 6.90. The highest BCUT2D eigenvalue weighted by molar-refractivity contribution is 7.91. The van der Waals surface area contributed by atoms with E-state index in [1.165, 1.54) is 26.1 Å². The zero-order valence-corrected chi connectivity index (χ0v) is 23.2. The standard InChI is InChI=1S/C26H27N3O3S4/c1-16-8-9-18-21(15-16)35-26(23(18)25-27-19-5-2-3-6-20(19)34-25)28-24(30)17-10-12-29(13-11-17)36(31,32)22-7-4-14-33-22/h2-7,14,16-17H,8-13,15H2,1H3,(H,28,30). The number of carbonyl (C=O) groups is 1. The first-order valence-electron chi connectivity index (χ1n) is 12.2. The minimum absolute atomic E-state index is 0.0165. The summed E-state index contributed by atoms with van der Waals surface area (Å²) in [6.07, 6.45) is 4.23. The number of thiazole rings is 1. The SMILES string of the molecule is CC1CCc2c(sc(NC(=O)C3CCN(S(=O)(=O)c4cccs4)CC3)c2-c2nc3ccccc3s2)C1. The Bertz CT molecular complexity index is 1480. The van der Waals surface area contributed by atoms with E-state index in [-0.39, 0.29) is 11.8 Å². The molecule has 2 aliphatic rings. The number of hydrogen-bond donors (Lipinski definition) is 1. The maximum atomic E-state index is 13.4. The van der Waals surface area contributed by atoms with Crippen molar-refractivity contribution in [2.24, 2.45) is 11.8 Å². The highest BCUT2D eigenvalue weighted by atomic mass is 32.2. The van der Waals surface area contributed by atoms with Crippen molar-refractivity contribution < 1.29 is 13.2 Å². The van der Waals surface area contributed by atoms with Crippen LogP contribution in [0.1, 0.15) is 36.6 Å². The van der Waals surface area contributed by atoms with Gasteiger partial charge < -0.3 is 5.32 Å². The summed E-state index contributed by atoms with van der Waals surface area (Å²) in [6.45, 7) is 3.01. The number of carbonyl (C=O) groups excluding carboxylic acids is 1. The van der Waals surface area contributed by atoms with Crippen LogP contribution in [0.2, 0.25) is 0 Å². The first-order chi connectivity index (χ1) is 17.4. The van der Waals surface area contributed by atoms with Crippen LogP contribution in [-0.4, -0.2) is 36.7 Å². The summed E-state index contributed by atoms with van der Waals surface area (Å²) in [6, 6.07) is 11.6.